The molecular formula is C14H20N2O4. The van der Waals surface area contributed by atoms with E-state index in [-0.39, 0.29) is 0 Å². The van der Waals surface area contributed by atoms with Crippen LogP contribution < -0.4 is 14.8 Å². The molecule has 2 rings (SSSR count). The van der Waals surface area contributed by atoms with Crippen molar-refractivity contribution in [2.75, 3.05) is 27.4 Å². The molecule has 0 aliphatic carbocycles. The maximum atomic E-state index is 8.93. The second kappa shape index (κ2) is 8.04. The highest BCUT2D eigenvalue weighted by Crippen LogP contribution is 2.34. The van der Waals surface area contributed by atoms with Gasteiger partial charge in [-0.1, -0.05) is 6.58 Å². The second-order valence-corrected chi connectivity index (χ2v) is 4.01. The van der Waals surface area contributed by atoms with Crippen LogP contribution in [0.15, 0.2) is 24.1 Å². The van der Waals surface area contributed by atoms with E-state index < -0.39 is 0 Å². The summed E-state index contributed by atoms with van der Waals surface area (Å²) in [7, 11) is 3.30. The summed E-state index contributed by atoms with van der Waals surface area (Å²) in [4.78, 5) is 12.8. The maximum Gasteiger partial charge on any atom is 0.161 e. The van der Waals surface area contributed by atoms with Crippen molar-refractivity contribution >= 4 is 5.70 Å². The van der Waals surface area contributed by atoms with Crippen molar-refractivity contribution in [2.45, 2.75) is 13.3 Å². The molecule has 1 heterocycles. The number of hydrogen-bond acceptors (Lipinski definition) is 6. The summed E-state index contributed by atoms with van der Waals surface area (Å²) < 4.78 is 10.5. The van der Waals surface area contributed by atoms with Crippen molar-refractivity contribution in [3.63, 3.8) is 0 Å². The van der Waals surface area contributed by atoms with E-state index in [1.807, 2.05) is 12.1 Å². The Morgan fingerprint density at radius 1 is 1.30 bits per heavy atom. The molecule has 6 nitrogen and oxygen atoms in total. The zero-order chi connectivity index (χ0) is 15.0. The van der Waals surface area contributed by atoms with Gasteiger partial charge in [0.2, 0.25) is 0 Å². The summed E-state index contributed by atoms with van der Waals surface area (Å²) in [6.07, 6.45) is 0.995. The van der Waals surface area contributed by atoms with Crippen LogP contribution in [0.25, 0.3) is 5.70 Å². The first kappa shape index (κ1) is 15.8. The van der Waals surface area contributed by atoms with Gasteiger partial charge in [-0.25, -0.2) is 0 Å². The predicted octanol–water partition coefficient (Wildman–Crippen LogP) is 2.52. The first-order chi connectivity index (χ1) is 9.67. The first-order valence-corrected chi connectivity index (χ1v) is 6.30. The van der Waals surface area contributed by atoms with Crippen LogP contribution in [0.5, 0.6) is 11.5 Å². The fourth-order valence-electron chi connectivity index (χ4n) is 1.90. The third-order valence-electron chi connectivity index (χ3n) is 2.85. The van der Waals surface area contributed by atoms with Crippen molar-refractivity contribution in [3.8, 4) is 11.5 Å². The summed E-state index contributed by atoms with van der Waals surface area (Å²) in [5.74, 6) is 1.53. The number of nitrogens with zero attached hydrogens (tertiary/aromatic N) is 1. The molecule has 110 valence electrons. The van der Waals surface area contributed by atoms with Gasteiger partial charge in [0.25, 0.3) is 0 Å². The minimum atomic E-state index is 0.365. The number of rotatable bonds is 4. The van der Waals surface area contributed by atoms with E-state index in [9.17, 15) is 0 Å². The Morgan fingerprint density at radius 2 is 1.95 bits per heavy atom. The average molecular weight is 280 g/mol. The lowest BCUT2D eigenvalue weighted by Gasteiger charge is -2.22. The van der Waals surface area contributed by atoms with Gasteiger partial charge in [0.1, 0.15) is 6.61 Å². The van der Waals surface area contributed by atoms with Gasteiger partial charge >= 0.3 is 0 Å². The number of nitrogens with one attached hydrogen (secondary N) is 1. The molecule has 20 heavy (non-hydrogen) atoms. The maximum absolute atomic E-state index is 8.93. The van der Waals surface area contributed by atoms with Crippen molar-refractivity contribution in [1.29, 1.82) is 0 Å². The monoisotopic (exact) mass is 280 g/mol. The second-order valence-electron chi connectivity index (χ2n) is 4.01. The van der Waals surface area contributed by atoms with Gasteiger partial charge in [-0.3, -0.25) is 0 Å². The Morgan fingerprint density at radius 3 is 2.45 bits per heavy atom. The molecule has 1 aliphatic heterocycles. The SMILES string of the molecule is C=C1NCCc2cc(OC)c(OC)cc21.CCON=O. The van der Waals surface area contributed by atoms with Crippen LogP contribution in [0, 0.1) is 4.91 Å². The fourth-order valence-corrected chi connectivity index (χ4v) is 1.90. The van der Waals surface area contributed by atoms with E-state index in [0.717, 1.165) is 35.7 Å². The van der Waals surface area contributed by atoms with Gasteiger partial charge in [-0.05, 0) is 31.0 Å². The highest BCUT2D eigenvalue weighted by atomic mass is 16.7. The van der Waals surface area contributed by atoms with Crippen LogP contribution in [0.3, 0.4) is 0 Å². The summed E-state index contributed by atoms with van der Waals surface area (Å²) >= 11 is 0. The van der Waals surface area contributed by atoms with E-state index in [2.05, 4.69) is 22.1 Å². The Balaban J connectivity index is 0.000000347. The first-order valence-electron chi connectivity index (χ1n) is 6.30. The molecule has 1 aliphatic rings. The Kier molecular flexibility index (Phi) is 6.36. The van der Waals surface area contributed by atoms with Crippen molar-refractivity contribution in [3.05, 3.63) is 34.7 Å². The standard InChI is InChI=1S/C12H15NO2.C2H5NO2/c1-8-10-7-12(15-3)11(14-2)6-9(10)4-5-13-8;1-2-5-3-4/h6-7,13H,1,4-5H2,2-3H3;2H2,1H3. The topological polar surface area (TPSA) is 69.2 Å². The highest BCUT2D eigenvalue weighted by molar-refractivity contribution is 5.69. The van der Waals surface area contributed by atoms with Crippen LogP contribution in [0.4, 0.5) is 0 Å². The van der Waals surface area contributed by atoms with Crippen LogP contribution in [0.2, 0.25) is 0 Å². The van der Waals surface area contributed by atoms with Crippen LogP contribution in [0.1, 0.15) is 18.1 Å². The van der Waals surface area contributed by atoms with E-state index >= 15 is 0 Å². The molecule has 0 fully saturated rings. The van der Waals surface area contributed by atoms with Gasteiger partial charge in [-0.2, -0.15) is 0 Å². The Hall–Kier alpha value is -2.24. The largest absolute Gasteiger partial charge is 0.493 e. The molecule has 1 aromatic rings. The van der Waals surface area contributed by atoms with E-state index in [1.165, 1.54) is 5.56 Å². The van der Waals surface area contributed by atoms with E-state index in [0.29, 0.717) is 6.61 Å². The molecule has 6 heteroatoms. The van der Waals surface area contributed by atoms with Gasteiger partial charge in [0.05, 0.1) is 14.2 Å². The fraction of sp³-hybridized carbons (Fsp3) is 0.429. The predicted molar refractivity (Wildman–Crippen MR) is 77.7 cm³/mol. The zero-order valence-electron chi connectivity index (χ0n) is 12.1. The minimum Gasteiger partial charge on any atom is -0.493 e. The Labute approximate surface area is 118 Å². The normalized spacial score (nSPS) is 12.2. The summed E-state index contributed by atoms with van der Waals surface area (Å²) in [6.45, 7) is 6.97. The van der Waals surface area contributed by atoms with Crippen molar-refractivity contribution in [2.24, 2.45) is 5.34 Å². The molecule has 0 atom stereocenters. The van der Waals surface area contributed by atoms with E-state index in [4.69, 9.17) is 14.4 Å². The Bertz CT molecular complexity index is 474. The highest BCUT2D eigenvalue weighted by Gasteiger charge is 2.16. The number of fused-ring (bicyclic) bond motifs is 1. The van der Waals surface area contributed by atoms with Gasteiger partial charge in [0, 0.05) is 17.8 Å². The molecule has 0 saturated heterocycles. The molecule has 0 radical (unpaired) electrons. The van der Waals surface area contributed by atoms with Crippen LogP contribution in [-0.2, 0) is 11.3 Å². The molecule has 0 spiro atoms. The molecule has 0 aromatic heterocycles. The van der Waals surface area contributed by atoms with Crippen LogP contribution >= 0.6 is 0 Å². The molecule has 1 N–H and O–H groups in total. The van der Waals surface area contributed by atoms with Crippen molar-refractivity contribution < 1.29 is 14.3 Å². The van der Waals surface area contributed by atoms with Gasteiger partial charge in [-0.15, -0.1) is 4.91 Å². The number of benzene rings is 1. The van der Waals surface area contributed by atoms with Gasteiger partial charge in [0.15, 0.2) is 16.8 Å². The lowest BCUT2D eigenvalue weighted by Crippen LogP contribution is -2.22. The average Bonchev–Trinajstić information content (AvgIpc) is 2.48. The quantitative estimate of drug-likeness (QED) is 0.678. The van der Waals surface area contributed by atoms with E-state index in [1.54, 1.807) is 21.1 Å². The molecular weight excluding hydrogens is 260 g/mol. The molecule has 0 amide bonds. The zero-order valence-corrected chi connectivity index (χ0v) is 12.1. The summed E-state index contributed by atoms with van der Waals surface area (Å²) in [5, 5.41) is 5.34. The third kappa shape index (κ3) is 3.88. The number of hydrogen-bond donors (Lipinski definition) is 1. The molecule has 0 saturated carbocycles. The molecule has 0 bridgehead atoms. The smallest absolute Gasteiger partial charge is 0.161 e. The lowest BCUT2D eigenvalue weighted by molar-refractivity contribution is 0.154. The van der Waals surface area contributed by atoms with Crippen LogP contribution in [-0.4, -0.2) is 27.4 Å². The minimum absolute atomic E-state index is 0.365. The summed E-state index contributed by atoms with van der Waals surface area (Å²) in [5.41, 5.74) is 3.34. The number of methoxy groups -OCH3 is 2. The van der Waals surface area contributed by atoms with Gasteiger partial charge < -0.3 is 19.6 Å². The third-order valence-corrected chi connectivity index (χ3v) is 2.85. The summed E-state index contributed by atoms with van der Waals surface area (Å²) in [6, 6.07) is 4.00. The molecule has 0 unspecified atom stereocenters. The molecule has 1 aromatic carbocycles. The lowest BCUT2D eigenvalue weighted by atomic mass is 9.98. The van der Waals surface area contributed by atoms with Crippen molar-refractivity contribution in [1.82, 2.24) is 5.32 Å². The number of ether oxygens (including phenoxy) is 2.